The highest BCUT2D eigenvalue weighted by atomic mass is 16.6. The summed E-state index contributed by atoms with van der Waals surface area (Å²) < 4.78 is 11.4. The molecule has 0 spiro atoms. The van der Waals surface area contributed by atoms with E-state index in [1.54, 1.807) is 0 Å². The van der Waals surface area contributed by atoms with Crippen molar-refractivity contribution in [3.8, 4) is 0 Å². The summed E-state index contributed by atoms with van der Waals surface area (Å²) >= 11 is 0. The predicted octanol–water partition coefficient (Wildman–Crippen LogP) is 1.84. The minimum absolute atomic E-state index is 0.402. The molecule has 2 fully saturated rings. The Hall–Kier alpha value is -0.0800. The van der Waals surface area contributed by atoms with Gasteiger partial charge in [0.25, 0.3) is 0 Å². The quantitative estimate of drug-likeness (QED) is 0.598. The lowest BCUT2D eigenvalue weighted by molar-refractivity contribution is -0.141. The molecule has 2 heteroatoms. The molecule has 0 aromatic carbocycles. The van der Waals surface area contributed by atoms with Gasteiger partial charge in [-0.15, -0.1) is 0 Å². The van der Waals surface area contributed by atoms with Crippen LogP contribution in [0.25, 0.3) is 0 Å². The van der Waals surface area contributed by atoms with Crippen molar-refractivity contribution in [3.05, 3.63) is 0 Å². The smallest absolute Gasteiger partial charge is 0.0868 e. The van der Waals surface area contributed by atoms with Crippen LogP contribution in [0.2, 0.25) is 0 Å². The lowest BCUT2D eigenvalue weighted by Crippen LogP contribution is -2.38. The summed E-state index contributed by atoms with van der Waals surface area (Å²) in [6.45, 7) is 6.16. The predicted molar refractivity (Wildman–Crippen MR) is 47.0 cm³/mol. The largest absolute Gasteiger partial charge is 0.373 e. The summed E-state index contributed by atoms with van der Waals surface area (Å²) in [5.74, 6) is 1.47. The molecule has 2 aliphatic rings. The molecular weight excluding hydrogens is 152 g/mol. The highest BCUT2D eigenvalue weighted by Gasteiger charge is 2.40. The lowest BCUT2D eigenvalue weighted by atomic mass is 9.92. The topological polar surface area (TPSA) is 18.5 Å². The van der Waals surface area contributed by atoms with Crippen LogP contribution in [0.5, 0.6) is 0 Å². The maximum absolute atomic E-state index is 5.75. The molecule has 2 nitrogen and oxygen atoms in total. The number of rotatable bonds is 1. The summed E-state index contributed by atoms with van der Waals surface area (Å²) in [7, 11) is 0. The van der Waals surface area contributed by atoms with Gasteiger partial charge < -0.3 is 9.47 Å². The zero-order valence-corrected chi connectivity index (χ0v) is 7.95. The zero-order chi connectivity index (χ0) is 8.55. The van der Waals surface area contributed by atoms with Gasteiger partial charge in [0.05, 0.1) is 25.4 Å². The van der Waals surface area contributed by atoms with Crippen LogP contribution >= 0.6 is 0 Å². The molecule has 0 aromatic heterocycles. The summed E-state index contributed by atoms with van der Waals surface area (Å²) in [5, 5.41) is 0. The minimum atomic E-state index is 0.402. The monoisotopic (exact) mass is 170 g/mol. The van der Waals surface area contributed by atoms with Gasteiger partial charge in [-0.25, -0.2) is 0 Å². The van der Waals surface area contributed by atoms with E-state index in [0.29, 0.717) is 12.2 Å². The van der Waals surface area contributed by atoms with Gasteiger partial charge in [0.1, 0.15) is 0 Å². The van der Waals surface area contributed by atoms with Gasteiger partial charge >= 0.3 is 0 Å². The van der Waals surface area contributed by atoms with Gasteiger partial charge in [-0.2, -0.15) is 0 Å². The molecule has 3 atom stereocenters. The van der Waals surface area contributed by atoms with Crippen molar-refractivity contribution in [2.45, 2.75) is 38.9 Å². The Kier molecular flexibility index (Phi) is 2.37. The van der Waals surface area contributed by atoms with Crippen molar-refractivity contribution in [2.75, 3.05) is 13.2 Å². The van der Waals surface area contributed by atoms with Crippen LogP contribution in [0.1, 0.15) is 26.7 Å². The fourth-order valence-corrected chi connectivity index (χ4v) is 2.47. The van der Waals surface area contributed by atoms with E-state index in [0.717, 1.165) is 25.0 Å². The third-order valence-corrected chi connectivity index (χ3v) is 3.15. The maximum atomic E-state index is 5.75. The first-order valence-corrected chi connectivity index (χ1v) is 5.02. The Labute approximate surface area is 74.2 Å². The van der Waals surface area contributed by atoms with E-state index in [4.69, 9.17) is 9.47 Å². The number of fused-ring (bicyclic) bond motifs is 1. The highest BCUT2D eigenvalue weighted by molar-refractivity contribution is 4.89. The number of hydrogen-bond acceptors (Lipinski definition) is 2. The third-order valence-electron chi connectivity index (χ3n) is 3.15. The molecule has 1 heterocycles. The molecular formula is C10H18O2. The molecule has 3 unspecified atom stereocenters. The summed E-state index contributed by atoms with van der Waals surface area (Å²) in [5.41, 5.74) is 0. The van der Waals surface area contributed by atoms with Crippen molar-refractivity contribution in [1.29, 1.82) is 0 Å². The first-order chi connectivity index (χ1) is 5.79. The SMILES string of the molecule is CC(C)C1CCC2OCCOC21. The molecule has 1 saturated carbocycles. The van der Waals surface area contributed by atoms with Crippen LogP contribution < -0.4 is 0 Å². The fourth-order valence-electron chi connectivity index (χ4n) is 2.47. The van der Waals surface area contributed by atoms with Crippen molar-refractivity contribution in [3.63, 3.8) is 0 Å². The second kappa shape index (κ2) is 3.35. The Morgan fingerprint density at radius 3 is 2.58 bits per heavy atom. The van der Waals surface area contributed by atoms with Crippen LogP contribution in [0.3, 0.4) is 0 Å². The molecule has 1 aliphatic carbocycles. The van der Waals surface area contributed by atoms with Gasteiger partial charge in [0, 0.05) is 0 Å². The van der Waals surface area contributed by atoms with E-state index in [9.17, 15) is 0 Å². The molecule has 2 rings (SSSR count). The molecule has 0 radical (unpaired) electrons. The van der Waals surface area contributed by atoms with Crippen molar-refractivity contribution >= 4 is 0 Å². The average Bonchev–Trinajstić information content (AvgIpc) is 2.47. The van der Waals surface area contributed by atoms with Gasteiger partial charge in [0.2, 0.25) is 0 Å². The van der Waals surface area contributed by atoms with Crippen LogP contribution in [0, 0.1) is 11.8 Å². The maximum Gasteiger partial charge on any atom is 0.0868 e. The van der Waals surface area contributed by atoms with Crippen molar-refractivity contribution in [1.82, 2.24) is 0 Å². The van der Waals surface area contributed by atoms with Crippen LogP contribution in [0.15, 0.2) is 0 Å². The van der Waals surface area contributed by atoms with E-state index < -0.39 is 0 Å². The van der Waals surface area contributed by atoms with Crippen LogP contribution in [-0.4, -0.2) is 25.4 Å². The summed E-state index contributed by atoms with van der Waals surface area (Å²) in [6.07, 6.45) is 3.30. The van der Waals surface area contributed by atoms with E-state index in [-0.39, 0.29) is 0 Å². The van der Waals surface area contributed by atoms with E-state index in [1.807, 2.05) is 0 Å². The molecule has 1 saturated heterocycles. The first kappa shape index (κ1) is 8.52. The number of ether oxygens (including phenoxy) is 2. The van der Waals surface area contributed by atoms with E-state index in [1.165, 1.54) is 12.8 Å². The van der Waals surface area contributed by atoms with Gasteiger partial charge in [0.15, 0.2) is 0 Å². The second-order valence-electron chi connectivity index (χ2n) is 4.23. The Balaban J connectivity index is 2.01. The van der Waals surface area contributed by atoms with Gasteiger partial charge in [-0.1, -0.05) is 13.8 Å². The Morgan fingerprint density at radius 1 is 1.08 bits per heavy atom. The first-order valence-electron chi connectivity index (χ1n) is 5.02. The van der Waals surface area contributed by atoms with Crippen molar-refractivity contribution < 1.29 is 9.47 Å². The lowest BCUT2D eigenvalue weighted by Gasteiger charge is -2.31. The molecule has 0 amide bonds. The Bertz CT molecular complexity index is 156. The van der Waals surface area contributed by atoms with Gasteiger partial charge in [-0.05, 0) is 24.7 Å². The summed E-state index contributed by atoms with van der Waals surface area (Å²) in [6, 6.07) is 0. The minimum Gasteiger partial charge on any atom is -0.373 e. The molecule has 0 aromatic rings. The van der Waals surface area contributed by atoms with Crippen molar-refractivity contribution in [2.24, 2.45) is 11.8 Å². The summed E-state index contributed by atoms with van der Waals surface area (Å²) in [4.78, 5) is 0. The standard InChI is InChI=1S/C10H18O2/c1-7(2)8-3-4-9-10(8)12-6-5-11-9/h7-10H,3-6H2,1-2H3. The van der Waals surface area contributed by atoms with E-state index >= 15 is 0 Å². The average molecular weight is 170 g/mol. The molecule has 1 aliphatic heterocycles. The zero-order valence-electron chi connectivity index (χ0n) is 7.95. The van der Waals surface area contributed by atoms with Crippen LogP contribution in [0.4, 0.5) is 0 Å². The Morgan fingerprint density at radius 2 is 1.83 bits per heavy atom. The number of hydrogen-bond donors (Lipinski definition) is 0. The van der Waals surface area contributed by atoms with Gasteiger partial charge in [-0.3, -0.25) is 0 Å². The normalized spacial score (nSPS) is 41.8. The second-order valence-corrected chi connectivity index (χ2v) is 4.23. The fraction of sp³-hybridized carbons (Fsp3) is 1.00. The van der Waals surface area contributed by atoms with Crippen LogP contribution in [-0.2, 0) is 9.47 Å². The molecule has 70 valence electrons. The third kappa shape index (κ3) is 1.38. The molecule has 0 N–H and O–H groups in total. The highest BCUT2D eigenvalue weighted by Crippen LogP contribution is 2.37. The molecule has 12 heavy (non-hydrogen) atoms. The van der Waals surface area contributed by atoms with E-state index in [2.05, 4.69) is 13.8 Å². The molecule has 0 bridgehead atoms.